The molecule has 0 atom stereocenters. The third kappa shape index (κ3) is 3.03. The molecule has 1 aromatic heterocycles. The third-order valence-electron chi connectivity index (χ3n) is 3.58. The van der Waals surface area contributed by atoms with Crippen molar-refractivity contribution in [2.75, 3.05) is 12.4 Å². The number of allylic oxidation sites excluding steroid dienone is 1. The fourth-order valence-electron chi connectivity index (χ4n) is 2.37. The molecule has 1 heterocycles. The summed E-state index contributed by atoms with van der Waals surface area (Å²) >= 11 is 0. The van der Waals surface area contributed by atoms with Crippen molar-refractivity contribution < 1.29 is 14.1 Å². The van der Waals surface area contributed by atoms with Crippen molar-refractivity contribution >= 4 is 34.2 Å². The summed E-state index contributed by atoms with van der Waals surface area (Å²) < 4.78 is 5.50. The lowest BCUT2D eigenvalue weighted by Gasteiger charge is -2.02. The average Bonchev–Trinajstić information content (AvgIpc) is 3.03. The van der Waals surface area contributed by atoms with Crippen LogP contribution in [0.3, 0.4) is 0 Å². The molecule has 0 aliphatic heterocycles. The number of rotatable bonds is 5. The molecule has 0 unspecified atom stereocenters. The summed E-state index contributed by atoms with van der Waals surface area (Å²) in [5.74, 6) is -0.0691. The molecule has 3 rings (SSSR count). The van der Waals surface area contributed by atoms with Gasteiger partial charge in [-0.3, -0.25) is 14.9 Å². The highest BCUT2D eigenvalue weighted by molar-refractivity contribution is 6.07. The first-order valence-electron chi connectivity index (χ1n) is 7.25. The van der Waals surface area contributed by atoms with Gasteiger partial charge in [-0.25, -0.2) is 0 Å². The molecule has 3 aromatic rings. The van der Waals surface area contributed by atoms with E-state index >= 15 is 0 Å². The molecule has 0 saturated heterocycles. The fourth-order valence-corrected chi connectivity index (χ4v) is 2.37. The van der Waals surface area contributed by atoms with Crippen molar-refractivity contribution in [2.45, 2.75) is 0 Å². The Hall–Kier alpha value is -3.41. The Morgan fingerprint density at radius 2 is 2.00 bits per heavy atom. The van der Waals surface area contributed by atoms with Crippen molar-refractivity contribution in [3.8, 4) is 0 Å². The van der Waals surface area contributed by atoms with E-state index in [1.54, 1.807) is 31.3 Å². The van der Waals surface area contributed by atoms with Crippen LogP contribution in [-0.2, 0) is 0 Å². The number of nitrogens with one attached hydrogen (secondary N) is 1. The second kappa shape index (κ2) is 6.37. The van der Waals surface area contributed by atoms with Crippen molar-refractivity contribution in [1.82, 2.24) is 0 Å². The van der Waals surface area contributed by atoms with Gasteiger partial charge in [0.1, 0.15) is 11.3 Å². The van der Waals surface area contributed by atoms with Gasteiger partial charge in [-0.05, 0) is 29.8 Å². The molecule has 0 fully saturated rings. The predicted octanol–water partition coefficient (Wildman–Crippen LogP) is 4.28. The summed E-state index contributed by atoms with van der Waals surface area (Å²) in [5.41, 5.74) is 1.57. The van der Waals surface area contributed by atoms with Crippen LogP contribution in [0.25, 0.3) is 17.0 Å². The van der Waals surface area contributed by atoms with Gasteiger partial charge in [0.2, 0.25) is 5.78 Å². The number of fused-ring (bicyclic) bond motifs is 1. The lowest BCUT2D eigenvalue weighted by Crippen LogP contribution is -1.97. The Morgan fingerprint density at radius 1 is 1.21 bits per heavy atom. The average molecular weight is 322 g/mol. The number of hydrogen-bond acceptors (Lipinski definition) is 5. The second-order valence-corrected chi connectivity index (χ2v) is 5.13. The SMILES string of the molecule is CNc1ccc(/C=C/C(=O)c2cc3ccccc3o2)cc1[N+](=O)[O-]. The first-order valence-corrected chi connectivity index (χ1v) is 7.25. The largest absolute Gasteiger partial charge is 0.453 e. The molecule has 1 N–H and O–H groups in total. The molecule has 0 spiro atoms. The van der Waals surface area contributed by atoms with E-state index in [0.717, 1.165) is 5.39 Å². The quantitative estimate of drug-likeness (QED) is 0.328. The Kier molecular flexibility index (Phi) is 4.11. The summed E-state index contributed by atoms with van der Waals surface area (Å²) in [4.78, 5) is 22.8. The first kappa shape index (κ1) is 15.5. The number of nitrogens with zero attached hydrogens (tertiary/aromatic N) is 1. The summed E-state index contributed by atoms with van der Waals surface area (Å²) in [6, 6.07) is 13.7. The lowest BCUT2D eigenvalue weighted by molar-refractivity contribution is -0.383. The molecular weight excluding hydrogens is 308 g/mol. The Morgan fingerprint density at radius 3 is 2.71 bits per heavy atom. The molecule has 6 nitrogen and oxygen atoms in total. The number of para-hydroxylation sites is 1. The highest BCUT2D eigenvalue weighted by Crippen LogP contribution is 2.26. The number of nitro groups is 1. The van der Waals surface area contributed by atoms with Gasteiger partial charge in [-0.2, -0.15) is 0 Å². The summed E-state index contributed by atoms with van der Waals surface area (Å²) in [5, 5.41) is 14.7. The third-order valence-corrected chi connectivity index (χ3v) is 3.58. The Labute approximate surface area is 137 Å². The molecule has 120 valence electrons. The monoisotopic (exact) mass is 322 g/mol. The van der Waals surface area contributed by atoms with E-state index in [2.05, 4.69) is 5.32 Å². The second-order valence-electron chi connectivity index (χ2n) is 5.13. The molecule has 0 amide bonds. The molecule has 0 aliphatic rings. The van der Waals surface area contributed by atoms with Gasteiger partial charge >= 0.3 is 0 Å². The van der Waals surface area contributed by atoms with Crippen molar-refractivity contribution in [2.24, 2.45) is 0 Å². The van der Waals surface area contributed by atoms with Gasteiger partial charge in [0.25, 0.3) is 5.69 Å². The van der Waals surface area contributed by atoms with Gasteiger partial charge in [0.15, 0.2) is 5.76 Å². The molecule has 2 aromatic carbocycles. The van der Waals surface area contributed by atoms with E-state index in [9.17, 15) is 14.9 Å². The number of benzene rings is 2. The molecule has 0 bridgehead atoms. The minimum atomic E-state index is -0.468. The van der Waals surface area contributed by atoms with Gasteiger partial charge in [0.05, 0.1) is 4.92 Å². The van der Waals surface area contributed by atoms with Crippen molar-refractivity contribution in [1.29, 1.82) is 0 Å². The zero-order chi connectivity index (χ0) is 17.1. The van der Waals surface area contributed by atoms with Crippen LogP contribution >= 0.6 is 0 Å². The zero-order valence-corrected chi connectivity index (χ0v) is 12.9. The van der Waals surface area contributed by atoms with E-state index in [1.807, 2.05) is 18.2 Å². The van der Waals surface area contributed by atoms with Crippen LogP contribution in [0.15, 0.2) is 59.0 Å². The van der Waals surface area contributed by atoms with E-state index < -0.39 is 4.92 Å². The van der Waals surface area contributed by atoms with E-state index in [1.165, 1.54) is 18.2 Å². The van der Waals surface area contributed by atoms with Crippen LogP contribution in [0.4, 0.5) is 11.4 Å². The normalized spacial score (nSPS) is 11.0. The lowest BCUT2D eigenvalue weighted by atomic mass is 10.1. The maximum absolute atomic E-state index is 12.2. The van der Waals surface area contributed by atoms with Gasteiger partial charge in [-0.15, -0.1) is 0 Å². The van der Waals surface area contributed by atoms with Gasteiger partial charge in [0, 0.05) is 18.5 Å². The minimum absolute atomic E-state index is 0.0455. The standard InChI is InChI=1S/C18H14N2O4/c1-19-14-8-6-12(10-15(14)20(22)23)7-9-16(21)18-11-13-4-2-3-5-17(13)24-18/h2-11,19H,1H3/b9-7+. The minimum Gasteiger partial charge on any atom is -0.453 e. The molecule has 24 heavy (non-hydrogen) atoms. The van der Waals surface area contributed by atoms with Crippen LogP contribution < -0.4 is 5.32 Å². The summed E-state index contributed by atoms with van der Waals surface area (Å²) in [6.45, 7) is 0. The van der Waals surface area contributed by atoms with E-state index in [4.69, 9.17) is 4.42 Å². The predicted molar refractivity (Wildman–Crippen MR) is 92.2 cm³/mol. The maximum Gasteiger partial charge on any atom is 0.292 e. The van der Waals surface area contributed by atoms with E-state index in [0.29, 0.717) is 16.8 Å². The molecule has 0 aliphatic carbocycles. The Balaban J connectivity index is 1.86. The summed E-state index contributed by atoms with van der Waals surface area (Å²) in [6.07, 6.45) is 2.87. The maximum atomic E-state index is 12.2. The van der Waals surface area contributed by atoms with Crippen LogP contribution in [0.1, 0.15) is 16.1 Å². The molecule has 6 heteroatoms. The highest BCUT2D eigenvalue weighted by Gasteiger charge is 2.13. The van der Waals surface area contributed by atoms with Crippen LogP contribution in [0.2, 0.25) is 0 Å². The number of hydrogen-bond donors (Lipinski definition) is 1. The van der Waals surface area contributed by atoms with Gasteiger partial charge in [-0.1, -0.05) is 30.3 Å². The number of carbonyl (C=O) groups excluding carboxylic acids is 1. The van der Waals surface area contributed by atoms with Crippen LogP contribution in [0.5, 0.6) is 0 Å². The number of furan rings is 1. The number of ketones is 1. The zero-order valence-electron chi connectivity index (χ0n) is 12.9. The van der Waals surface area contributed by atoms with Crippen molar-refractivity contribution in [3.05, 3.63) is 76.0 Å². The Bertz CT molecular complexity index is 924. The van der Waals surface area contributed by atoms with Crippen molar-refractivity contribution in [3.63, 3.8) is 0 Å². The summed E-state index contributed by atoms with van der Waals surface area (Å²) in [7, 11) is 1.61. The molecule has 0 radical (unpaired) electrons. The number of carbonyl (C=O) groups is 1. The number of nitro benzene ring substituents is 1. The fraction of sp³-hybridized carbons (Fsp3) is 0.0556. The topological polar surface area (TPSA) is 85.4 Å². The molecular formula is C18H14N2O4. The smallest absolute Gasteiger partial charge is 0.292 e. The molecule has 0 saturated carbocycles. The van der Waals surface area contributed by atoms with Gasteiger partial charge < -0.3 is 9.73 Å². The first-order chi connectivity index (χ1) is 11.6. The highest BCUT2D eigenvalue weighted by atomic mass is 16.6. The van der Waals surface area contributed by atoms with Crippen LogP contribution in [-0.4, -0.2) is 17.8 Å². The van der Waals surface area contributed by atoms with E-state index in [-0.39, 0.29) is 17.2 Å². The van der Waals surface area contributed by atoms with Crippen LogP contribution in [0, 0.1) is 10.1 Å². The number of anilines is 1.